The molecule has 9 heteroatoms. The lowest BCUT2D eigenvalue weighted by atomic mass is 9.87. The quantitative estimate of drug-likeness (QED) is 0.376. The predicted octanol–water partition coefficient (Wildman–Crippen LogP) is 3.98. The van der Waals surface area contributed by atoms with E-state index in [1.807, 2.05) is 61.3 Å². The number of anilines is 2. The van der Waals surface area contributed by atoms with Crippen LogP contribution in [-0.2, 0) is 4.74 Å². The van der Waals surface area contributed by atoms with Gasteiger partial charge in [-0.1, -0.05) is 36.4 Å². The Morgan fingerprint density at radius 1 is 1.20 bits per heavy atom. The standard InChI is InChI=1S/C26H28ClN5O3/c1-5-26(34,15-25(2,33)16-35-4)12-11-18-7-6-8-20(13-18)31(3)23-21-10-9-19(27)14-22(21)32-17-28-30-24(32)29-23/h6-10,13-14,17,33-34H,5,15-16H2,1-4H3. The highest BCUT2D eigenvalue weighted by Crippen LogP contribution is 2.32. The lowest BCUT2D eigenvalue weighted by molar-refractivity contribution is -0.0670. The average molecular weight is 494 g/mol. The molecule has 0 radical (unpaired) electrons. The minimum absolute atomic E-state index is 0.0771. The molecule has 2 aromatic carbocycles. The van der Waals surface area contributed by atoms with Gasteiger partial charge in [-0.05, 0) is 49.7 Å². The third kappa shape index (κ3) is 5.39. The number of ether oxygens (including phenoxy) is 1. The van der Waals surface area contributed by atoms with E-state index in [4.69, 9.17) is 21.3 Å². The largest absolute Gasteiger partial charge is 0.388 e. The lowest BCUT2D eigenvalue weighted by Crippen LogP contribution is -2.41. The Balaban J connectivity index is 1.69. The Morgan fingerprint density at radius 2 is 2.00 bits per heavy atom. The van der Waals surface area contributed by atoms with Gasteiger partial charge in [0.1, 0.15) is 17.7 Å². The Morgan fingerprint density at radius 3 is 2.74 bits per heavy atom. The fourth-order valence-electron chi connectivity index (χ4n) is 4.13. The van der Waals surface area contributed by atoms with Crippen molar-refractivity contribution in [3.63, 3.8) is 0 Å². The Bertz CT molecular complexity index is 1430. The number of aromatic nitrogens is 4. The Labute approximate surface area is 209 Å². The number of halogens is 1. The molecule has 35 heavy (non-hydrogen) atoms. The molecule has 0 aliphatic rings. The first-order valence-corrected chi connectivity index (χ1v) is 11.6. The molecule has 182 valence electrons. The van der Waals surface area contributed by atoms with Crippen molar-refractivity contribution in [1.82, 2.24) is 19.6 Å². The highest BCUT2D eigenvalue weighted by atomic mass is 35.5. The molecular weight excluding hydrogens is 466 g/mol. The van der Waals surface area contributed by atoms with Crippen molar-refractivity contribution in [1.29, 1.82) is 0 Å². The summed E-state index contributed by atoms with van der Waals surface area (Å²) in [5.41, 5.74) is -0.105. The van der Waals surface area contributed by atoms with Crippen molar-refractivity contribution in [3.05, 3.63) is 59.4 Å². The van der Waals surface area contributed by atoms with Gasteiger partial charge in [0.05, 0.1) is 17.7 Å². The van der Waals surface area contributed by atoms with E-state index < -0.39 is 11.2 Å². The van der Waals surface area contributed by atoms with Gasteiger partial charge in [0.25, 0.3) is 5.78 Å². The van der Waals surface area contributed by atoms with Crippen molar-refractivity contribution in [3.8, 4) is 11.8 Å². The summed E-state index contributed by atoms with van der Waals surface area (Å²) in [6.45, 7) is 3.58. The first-order valence-electron chi connectivity index (χ1n) is 11.2. The number of rotatable bonds is 7. The molecule has 2 aromatic heterocycles. The predicted molar refractivity (Wildman–Crippen MR) is 137 cm³/mol. The minimum Gasteiger partial charge on any atom is -0.388 e. The van der Waals surface area contributed by atoms with Crippen molar-refractivity contribution >= 4 is 39.8 Å². The van der Waals surface area contributed by atoms with Crippen LogP contribution in [0, 0.1) is 11.8 Å². The van der Waals surface area contributed by atoms with E-state index in [-0.39, 0.29) is 13.0 Å². The summed E-state index contributed by atoms with van der Waals surface area (Å²) in [6.07, 6.45) is 2.06. The highest BCUT2D eigenvalue weighted by molar-refractivity contribution is 6.31. The third-order valence-corrected chi connectivity index (χ3v) is 6.14. The van der Waals surface area contributed by atoms with Gasteiger partial charge >= 0.3 is 0 Å². The molecule has 2 unspecified atom stereocenters. The number of hydrogen-bond acceptors (Lipinski definition) is 7. The molecule has 0 spiro atoms. The summed E-state index contributed by atoms with van der Waals surface area (Å²) in [6, 6.07) is 13.3. The van der Waals surface area contributed by atoms with Gasteiger partial charge in [0.15, 0.2) is 0 Å². The van der Waals surface area contributed by atoms with Gasteiger partial charge in [-0.25, -0.2) is 0 Å². The normalized spacial score (nSPS) is 14.8. The van der Waals surface area contributed by atoms with Crippen LogP contribution in [0.1, 0.15) is 32.3 Å². The molecule has 8 nitrogen and oxygen atoms in total. The van der Waals surface area contributed by atoms with Crippen LogP contribution >= 0.6 is 11.6 Å². The second-order valence-corrected chi connectivity index (χ2v) is 9.39. The van der Waals surface area contributed by atoms with Crippen LogP contribution in [0.25, 0.3) is 16.7 Å². The molecule has 0 fully saturated rings. The number of fused-ring (bicyclic) bond motifs is 3. The SMILES string of the molecule is CCC(O)(C#Cc1cccc(N(C)c2nc3nncn3c3cc(Cl)ccc23)c1)CC(C)(O)COC. The summed E-state index contributed by atoms with van der Waals surface area (Å²) in [5.74, 6) is 7.20. The van der Waals surface area contributed by atoms with E-state index >= 15 is 0 Å². The van der Waals surface area contributed by atoms with Crippen molar-refractivity contribution < 1.29 is 14.9 Å². The summed E-state index contributed by atoms with van der Waals surface area (Å²) in [5, 5.41) is 31.1. The fraction of sp³-hybridized carbons (Fsp3) is 0.346. The number of hydrogen-bond donors (Lipinski definition) is 2. The molecule has 2 heterocycles. The number of methoxy groups -OCH3 is 1. The van der Waals surface area contributed by atoms with Crippen LogP contribution in [0.2, 0.25) is 5.02 Å². The van der Waals surface area contributed by atoms with Gasteiger partial charge in [-0.2, -0.15) is 4.98 Å². The van der Waals surface area contributed by atoms with E-state index in [9.17, 15) is 10.2 Å². The zero-order chi connectivity index (χ0) is 25.2. The van der Waals surface area contributed by atoms with Gasteiger partial charge in [0.2, 0.25) is 0 Å². The van der Waals surface area contributed by atoms with Gasteiger partial charge in [-0.3, -0.25) is 4.40 Å². The van der Waals surface area contributed by atoms with Crippen molar-refractivity contribution in [2.45, 2.75) is 37.9 Å². The van der Waals surface area contributed by atoms with E-state index in [1.54, 1.807) is 17.7 Å². The monoisotopic (exact) mass is 493 g/mol. The topological polar surface area (TPSA) is 96.0 Å². The lowest BCUT2D eigenvalue weighted by Gasteiger charge is -2.30. The summed E-state index contributed by atoms with van der Waals surface area (Å²) in [7, 11) is 3.43. The maximum atomic E-state index is 11.0. The Kier molecular flexibility index (Phi) is 6.97. The zero-order valence-electron chi connectivity index (χ0n) is 20.2. The van der Waals surface area contributed by atoms with Crippen LogP contribution in [0.15, 0.2) is 48.8 Å². The highest BCUT2D eigenvalue weighted by Gasteiger charge is 2.33. The average Bonchev–Trinajstić information content (AvgIpc) is 3.30. The first kappa shape index (κ1) is 24.9. The smallest absolute Gasteiger partial charge is 0.257 e. The van der Waals surface area contributed by atoms with Crippen LogP contribution in [0.4, 0.5) is 11.5 Å². The van der Waals surface area contributed by atoms with E-state index in [1.165, 1.54) is 7.11 Å². The molecule has 0 saturated heterocycles. The number of nitrogens with zero attached hydrogens (tertiary/aromatic N) is 5. The summed E-state index contributed by atoms with van der Waals surface area (Å²) >= 11 is 6.25. The molecule has 2 atom stereocenters. The fourth-order valence-corrected chi connectivity index (χ4v) is 4.30. The zero-order valence-corrected chi connectivity index (χ0v) is 20.9. The van der Waals surface area contributed by atoms with Gasteiger partial charge < -0.3 is 19.8 Å². The minimum atomic E-state index is -1.35. The number of benzene rings is 2. The van der Waals surface area contributed by atoms with Crippen LogP contribution < -0.4 is 4.90 Å². The number of aliphatic hydroxyl groups is 2. The van der Waals surface area contributed by atoms with Crippen LogP contribution in [-0.4, -0.2) is 61.8 Å². The molecule has 0 amide bonds. The summed E-state index contributed by atoms with van der Waals surface area (Å²) < 4.78 is 6.86. The first-order chi connectivity index (χ1) is 16.6. The molecule has 2 N–H and O–H groups in total. The molecular formula is C26H28ClN5O3. The second-order valence-electron chi connectivity index (χ2n) is 8.95. The molecule has 4 aromatic rings. The maximum Gasteiger partial charge on any atom is 0.257 e. The molecule has 0 bridgehead atoms. The van der Waals surface area contributed by atoms with Crippen LogP contribution in [0.5, 0.6) is 0 Å². The van der Waals surface area contributed by atoms with E-state index in [0.717, 1.165) is 22.2 Å². The maximum absolute atomic E-state index is 11.0. The molecule has 0 saturated carbocycles. The van der Waals surface area contributed by atoms with E-state index in [2.05, 4.69) is 22.0 Å². The molecule has 0 aliphatic heterocycles. The second kappa shape index (κ2) is 9.80. The van der Waals surface area contributed by atoms with E-state index in [0.29, 0.717) is 23.0 Å². The summed E-state index contributed by atoms with van der Waals surface area (Å²) in [4.78, 5) is 6.66. The van der Waals surface area contributed by atoms with Gasteiger partial charge in [-0.15, -0.1) is 10.2 Å². The van der Waals surface area contributed by atoms with Crippen molar-refractivity contribution in [2.24, 2.45) is 0 Å². The Hall–Kier alpha value is -3.22. The van der Waals surface area contributed by atoms with Gasteiger partial charge in [0, 0.05) is 42.2 Å². The molecule has 0 aliphatic carbocycles. The van der Waals surface area contributed by atoms with Crippen LogP contribution in [0.3, 0.4) is 0 Å². The molecule has 4 rings (SSSR count). The third-order valence-electron chi connectivity index (χ3n) is 5.90. The van der Waals surface area contributed by atoms with Crippen molar-refractivity contribution in [2.75, 3.05) is 25.7 Å².